The summed E-state index contributed by atoms with van der Waals surface area (Å²) in [5.74, 6) is 0.683. The Kier molecular flexibility index (Phi) is 5.68. The minimum atomic E-state index is -3.92. The van der Waals surface area contributed by atoms with Gasteiger partial charge in [0.15, 0.2) is 21.3 Å². The molecule has 0 spiro atoms. The molecule has 2 aromatic rings. The lowest BCUT2D eigenvalue weighted by Crippen LogP contribution is -2.33. The first-order valence-electron chi connectivity index (χ1n) is 8.34. The van der Waals surface area contributed by atoms with Gasteiger partial charge < -0.3 is 9.47 Å². The Morgan fingerprint density at radius 1 is 1.11 bits per heavy atom. The summed E-state index contributed by atoms with van der Waals surface area (Å²) in [7, 11) is -7.48. The predicted molar refractivity (Wildman–Crippen MR) is 99.1 cm³/mol. The number of sulfone groups is 1. The molecule has 8 nitrogen and oxygen atoms in total. The van der Waals surface area contributed by atoms with Crippen LogP contribution in [0.3, 0.4) is 0 Å². The van der Waals surface area contributed by atoms with E-state index in [0.29, 0.717) is 30.3 Å². The maximum Gasteiger partial charge on any atom is 0.211 e. The van der Waals surface area contributed by atoms with Gasteiger partial charge in [-0.15, -0.1) is 0 Å². The Bertz CT molecular complexity index is 1010. The molecular weight excluding hydrogens is 392 g/mol. The van der Waals surface area contributed by atoms with Crippen LogP contribution < -0.4 is 14.2 Å². The lowest BCUT2D eigenvalue weighted by atomic mass is 10.2. The number of fused-ring (bicyclic) bond motifs is 1. The first kappa shape index (κ1) is 19.6. The molecule has 2 heterocycles. The summed E-state index contributed by atoms with van der Waals surface area (Å²) in [5.41, 5.74) is 0.395. The number of benzene rings is 1. The first-order valence-corrected chi connectivity index (χ1v) is 11.5. The van der Waals surface area contributed by atoms with E-state index in [2.05, 4.69) is 9.71 Å². The van der Waals surface area contributed by atoms with E-state index in [4.69, 9.17) is 9.47 Å². The molecule has 1 aliphatic rings. The number of hydrogen-bond acceptors (Lipinski definition) is 7. The molecule has 1 aromatic carbocycles. The van der Waals surface area contributed by atoms with Crippen LogP contribution in [0.4, 0.5) is 0 Å². The molecule has 3 rings (SSSR count). The van der Waals surface area contributed by atoms with Crippen LogP contribution >= 0.6 is 0 Å². The zero-order valence-corrected chi connectivity index (χ0v) is 16.3. The van der Waals surface area contributed by atoms with E-state index in [1.54, 1.807) is 12.1 Å². The summed E-state index contributed by atoms with van der Waals surface area (Å²) in [6, 6.07) is 7.59. The molecule has 0 amide bonds. The van der Waals surface area contributed by atoms with Crippen molar-refractivity contribution in [2.24, 2.45) is 0 Å². The quantitative estimate of drug-likeness (QED) is 0.730. The minimum absolute atomic E-state index is 0.0244. The topological polar surface area (TPSA) is 112 Å². The van der Waals surface area contributed by atoms with Crippen LogP contribution in [0.2, 0.25) is 0 Å². The standard InChI is InChI=1S/C17H20N2O6S2/c1-2-26(20,21)19-12-17(13-4-3-7-18-11-13)27(22,23)14-5-6-15-16(10-14)25-9-8-24-15/h3-7,10-11,17,19H,2,8-9,12H2,1H3/t17-/m0/s1. The fourth-order valence-electron chi connectivity index (χ4n) is 2.64. The van der Waals surface area contributed by atoms with E-state index in [9.17, 15) is 16.8 Å². The third-order valence-electron chi connectivity index (χ3n) is 4.14. The summed E-state index contributed by atoms with van der Waals surface area (Å²) in [4.78, 5) is 3.99. The molecule has 10 heteroatoms. The zero-order valence-electron chi connectivity index (χ0n) is 14.7. The van der Waals surface area contributed by atoms with Gasteiger partial charge in [0.25, 0.3) is 0 Å². The molecule has 1 N–H and O–H groups in total. The molecule has 27 heavy (non-hydrogen) atoms. The van der Waals surface area contributed by atoms with E-state index in [1.807, 2.05) is 0 Å². The maximum absolute atomic E-state index is 13.3. The Balaban J connectivity index is 1.99. The van der Waals surface area contributed by atoms with E-state index in [-0.39, 0.29) is 17.2 Å². The van der Waals surface area contributed by atoms with Gasteiger partial charge in [-0.2, -0.15) is 0 Å². The van der Waals surface area contributed by atoms with Crippen LogP contribution in [0.25, 0.3) is 0 Å². The SMILES string of the molecule is CCS(=O)(=O)NC[C@@H](c1cccnc1)S(=O)(=O)c1ccc2c(c1)OCCO2. The van der Waals surface area contributed by atoms with Crippen molar-refractivity contribution in [1.82, 2.24) is 9.71 Å². The number of rotatable bonds is 7. The predicted octanol–water partition coefficient (Wildman–Crippen LogP) is 1.31. The molecule has 0 bridgehead atoms. The largest absolute Gasteiger partial charge is 0.486 e. The van der Waals surface area contributed by atoms with Crippen LogP contribution in [-0.4, -0.2) is 47.3 Å². The fraction of sp³-hybridized carbons (Fsp3) is 0.353. The molecule has 0 unspecified atom stereocenters. The van der Waals surface area contributed by atoms with Crippen molar-refractivity contribution >= 4 is 19.9 Å². The molecule has 1 aliphatic heterocycles. The van der Waals surface area contributed by atoms with Crippen LogP contribution in [0.15, 0.2) is 47.6 Å². The monoisotopic (exact) mass is 412 g/mol. The number of nitrogens with one attached hydrogen (secondary N) is 1. The highest BCUT2D eigenvalue weighted by Crippen LogP contribution is 2.36. The Morgan fingerprint density at radius 2 is 1.85 bits per heavy atom. The van der Waals surface area contributed by atoms with Gasteiger partial charge in [0, 0.05) is 25.0 Å². The van der Waals surface area contributed by atoms with Gasteiger partial charge in [-0.05, 0) is 30.7 Å². The summed E-state index contributed by atoms with van der Waals surface area (Å²) in [6.45, 7) is 1.92. The summed E-state index contributed by atoms with van der Waals surface area (Å²) < 4.78 is 63.4. The van der Waals surface area contributed by atoms with Gasteiger partial charge in [-0.3, -0.25) is 4.98 Å². The Labute approximate surface area is 158 Å². The normalized spacial score (nSPS) is 15.3. The highest BCUT2D eigenvalue weighted by atomic mass is 32.2. The van der Waals surface area contributed by atoms with Gasteiger partial charge in [-0.25, -0.2) is 21.6 Å². The fourth-order valence-corrected chi connectivity index (χ4v) is 5.03. The number of ether oxygens (including phenoxy) is 2. The number of pyridine rings is 1. The second-order valence-corrected chi connectivity index (χ2v) is 10.1. The van der Waals surface area contributed by atoms with Crippen molar-refractivity contribution in [2.75, 3.05) is 25.5 Å². The first-order chi connectivity index (χ1) is 12.8. The molecule has 0 radical (unpaired) electrons. The third-order valence-corrected chi connectivity index (χ3v) is 7.61. The molecule has 0 saturated carbocycles. The molecule has 1 aromatic heterocycles. The van der Waals surface area contributed by atoms with Gasteiger partial charge in [-0.1, -0.05) is 6.07 Å². The van der Waals surface area contributed by atoms with Crippen molar-refractivity contribution in [3.8, 4) is 11.5 Å². The highest BCUT2D eigenvalue weighted by Gasteiger charge is 2.31. The molecule has 0 aliphatic carbocycles. The lowest BCUT2D eigenvalue weighted by Gasteiger charge is -2.21. The number of sulfonamides is 1. The van der Waals surface area contributed by atoms with Crippen LogP contribution in [0.1, 0.15) is 17.7 Å². The van der Waals surface area contributed by atoms with Crippen LogP contribution in [0, 0.1) is 0 Å². The lowest BCUT2D eigenvalue weighted by molar-refractivity contribution is 0.171. The van der Waals surface area contributed by atoms with Crippen molar-refractivity contribution in [3.05, 3.63) is 48.3 Å². The van der Waals surface area contributed by atoms with Crippen molar-refractivity contribution in [1.29, 1.82) is 0 Å². The maximum atomic E-state index is 13.3. The molecule has 1 atom stereocenters. The smallest absolute Gasteiger partial charge is 0.211 e. The van der Waals surface area contributed by atoms with Crippen molar-refractivity contribution < 1.29 is 26.3 Å². The molecule has 0 fully saturated rings. The van der Waals surface area contributed by atoms with E-state index >= 15 is 0 Å². The van der Waals surface area contributed by atoms with Gasteiger partial charge >= 0.3 is 0 Å². The number of hydrogen-bond donors (Lipinski definition) is 1. The Morgan fingerprint density at radius 3 is 2.52 bits per heavy atom. The molecule has 146 valence electrons. The minimum Gasteiger partial charge on any atom is -0.486 e. The average Bonchev–Trinajstić information content (AvgIpc) is 2.68. The molecular formula is C17H20N2O6S2. The van der Waals surface area contributed by atoms with E-state index in [1.165, 1.54) is 37.5 Å². The van der Waals surface area contributed by atoms with Crippen molar-refractivity contribution in [3.63, 3.8) is 0 Å². The zero-order chi connectivity index (χ0) is 19.5. The Hall–Kier alpha value is -2.17. The molecule has 0 saturated heterocycles. The second kappa shape index (κ2) is 7.83. The summed E-state index contributed by atoms with van der Waals surface area (Å²) in [6.07, 6.45) is 2.94. The van der Waals surface area contributed by atoms with Gasteiger partial charge in [0.05, 0.1) is 10.6 Å². The third kappa shape index (κ3) is 4.40. The van der Waals surface area contributed by atoms with E-state index in [0.717, 1.165) is 0 Å². The van der Waals surface area contributed by atoms with Gasteiger partial charge in [0.2, 0.25) is 10.0 Å². The highest BCUT2D eigenvalue weighted by molar-refractivity contribution is 7.92. The van der Waals surface area contributed by atoms with Gasteiger partial charge in [0.1, 0.15) is 18.5 Å². The summed E-state index contributed by atoms with van der Waals surface area (Å²) >= 11 is 0. The second-order valence-electron chi connectivity index (χ2n) is 5.88. The van der Waals surface area contributed by atoms with E-state index < -0.39 is 25.1 Å². The van der Waals surface area contributed by atoms with Crippen molar-refractivity contribution in [2.45, 2.75) is 17.1 Å². The average molecular weight is 412 g/mol. The number of aromatic nitrogens is 1. The number of nitrogens with zero attached hydrogens (tertiary/aromatic N) is 1. The summed E-state index contributed by atoms with van der Waals surface area (Å²) in [5, 5.41) is -1.13. The van der Waals surface area contributed by atoms with Crippen LogP contribution in [0.5, 0.6) is 11.5 Å². The van der Waals surface area contributed by atoms with Crippen LogP contribution in [-0.2, 0) is 19.9 Å².